The molecule has 0 unspecified atom stereocenters. The Morgan fingerprint density at radius 2 is 1.92 bits per heavy atom. The van der Waals surface area contributed by atoms with Gasteiger partial charge in [-0.15, -0.1) is 11.8 Å². The number of nitrogens with one attached hydrogen (secondary N) is 2. The van der Waals surface area contributed by atoms with E-state index in [-0.39, 0.29) is 6.61 Å². The van der Waals surface area contributed by atoms with Gasteiger partial charge in [-0.1, -0.05) is 18.2 Å². The lowest BCUT2D eigenvalue weighted by atomic mass is 10.0. The number of carboxylic acids is 2. The molecule has 25 heavy (non-hydrogen) atoms. The maximum absolute atomic E-state index is 12.0. The molecule has 1 heterocycles. The van der Waals surface area contributed by atoms with E-state index in [9.17, 15) is 24.6 Å². The number of benzene rings is 1. The fourth-order valence-electron chi connectivity index (χ4n) is 2.47. The van der Waals surface area contributed by atoms with Crippen LogP contribution in [0.4, 0.5) is 0 Å². The first-order valence-corrected chi connectivity index (χ1v) is 8.45. The van der Waals surface area contributed by atoms with Gasteiger partial charge in [0.05, 0.1) is 5.37 Å². The molecule has 0 bridgehead atoms. The van der Waals surface area contributed by atoms with Crippen LogP contribution in [-0.2, 0) is 14.4 Å². The molecule has 0 saturated carbocycles. The van der Waals surface area contributed by atoms with E-state index in [1.54, 1.807) is 44.2 Å². The first-order chi connectivity index (χ1) is 11.7. The normalized spacial score (nSPS) is 22.8. The monoisotopic (exact) mass is 368 g/mol. The topological polar surface area (TPSA) is 125 Å². The minimum Gasteiger partial charge on any atom is -0.484 e. The number of carboxylic acid groups (broad SMARTS) is 2. The second-order valence-corrected chi connectivity index (χ2v) is 7.86. The number of hydrogen-bond donors (Lipinski definition) is 4. The summed E-state index contributed by atoms with van der Waals surface area (Å²) in [6.07, 6.45) is 0. The molecule has 0 radical (unpaired) electrons. The van der Waals surface area contributed by atoms with Gasteiger partial charge in [0.2, 0.25) is 0 Å². The van der Waals surface area contributed by atoms with E-state index in [0.29, 0.717) is 5.75 Å². The molecular weight excluding hydrogens is 348 g/mol. The van der Waals surface area contributed by atoms with Crippen molar-refractivity contribution in [3.05, 3.63) is 30.3 Å². The summed E-state index contributed by atoms with van der Waals surface area (Å²) in [5, 5.41) is 23.0. The van der Waals surface area contributed by atoms with Crippen LogP contribution < -0.4 is 15.4 Å². The molecule has 0 spiro atoms. The van der Waals surface area contributed by atoms with Crippen LogP contribution in [0, 0.1) is 0 Å². The summed E-state index contributed by atoms with van der Waals surface area (Å²) >= 11 is 1.17. The number of carbonyl (C=O) groups excluding carboxylic acids is 1. The number of carbonyl (C=O) groups is 3. The third-order valence-electron chi connectivity index (χ3n) is 3.70. The van der Waals surface area contributed by atoms with Crippen LogP contribution in [0.2, 0.25) is 0 Å². The summed E-state index contributed by atoms with van der Waals surface area (Å²) in [4.78, 5) is 34.8. The van der Waals surface area contributed by atoms with Crippen molar-refractivity contribution in [2.45, 2.75) is 36.1 Å². The molecule has 1 saturated heterocycles. The van der Waals surface area contributed by atoms with Gasteiger partial charge in [0.1, 0.15) is 11.8 Å². The SMILES string of the molecule is CC1(C)S[C@@H]([C@H](NC(=O)COc2ccccc2)C(=O)O)N[C@H]1C(=O)O. The summed E-state index contributed by atoms with van der Waals surface area (Å²) in [7, 11) is 0. The Morgan fingerprint density at radius 3 is 2.44 bits per heavy atom. The fraction of sp³-hybridized carbons (Fsp3) is 0.438. The van der Waals surface area contributed by atoms with E-state index in [1.807, 2.05) is 0 Å². The van der Waals surface area contributed by atoms with Gasteiger partial charge in [0, 0.05) is 4.75 Å². The zero-order chi connectivity index (χ0) is 18.6. The first-order valence-electron chi connectivity index (χ1n) is 7.57. The quantitative estimate of drug-likeness (QED) is 0.549. The Bertz CT molecular complexity index is 651. The molecular formula is C16H20N2O6S. The van der Waals surface area contributed by atoms with E-state index in [1.165, 1.54) is 11.8 Å². The van der Waals surface area contributed by atoms with Crippen molar-refractivity contribution >= 4 is 29.6 Å². The summed E-state index contributed by atoms with van der Waals surface area (Å²) in [5.41, 5.74) is 0. The number of ether oxygens (including phenoxy) is 1. The number of para-hydroxylation sites is 1. The predicted molar refractivity (Wildman–Crippen MR) is 91.5 cm³/mol. The number of amides is 1. The van der Waals surface area contributed by atoms with Crippen molar-refractivity contribution in [1.82, 2.24) is 10.6 Å². The van der Waals surface area contributed by atoms with E-state index in [4.69, 9.17) is 4.74 Å². The average molecular weight is 368 g/mol. The Balaban J connectivity index is 1.98. The second-order valence-electron chi connectivity index (χ2n) is 6.06. The lowest BCUT2D eigenvalue weighted by Gasteiger charge is -2.22. The van der Waals surface area contributed by atoms with Crippen molar-refractivity contribution in [2.75, 3.05) is 6.61 Å². The summed E-state index contributed by atoms with van der Waals surface area (Å²) in [6.45, 7) is 3.09. The van der Waals surface area contributed by atoms with Crippen LogP contribution in [0.5, 0.6) is 5.75 Å². The minimum atomic E-state index is -1.28. The van der Waals surface area contributed by atoms with Crippen molar-refractivity contribution in [2.24, 2.45) is 0 Å². The molecule has 1 aliphatic heterocycles. The third kappa shape index (κ3) is 4.86. The van der Waals surface area contributed by atoms with Crippen molar-refractivity contribution in [3.8, 4) is 5.75 Å². The molecule has 136 valence electrons. The van der Waals surface area contributed by atoms with Gasteiger partial charge < -0.3 is 20.3 Å². The minimum absolute atomic E-state index is 0.336. The summed E-state index contributed by atoms with van der Waals surface area (Å²) < 4.78 is 4.57. The lowest BCUT2D eigenvalue weighted by molar-refractivity contribution is -0.143. The molecule has 3 atom stereocenters. The maximum atomic E-state index is 12.0. The summed E-state index contributed by atoms with van der Waals surface area (Å²) in [6, 6.07) is 6.47. The van der Waals surface area contributed by atoms with Crippen LogP contribution in [0.25, 0.3) is 0 Å². The average Bonchev–Trinajstić information content (AvgIpc) is 2.86. The van der Waals surface area contributed by atoms with E-state index < -0.39 is 40.1 Å². The number of aliphatic carboxylic acids is 2. The highest BCUT2D eigenvalue weighted by Crippen LogP contribution is 2.39. The molecule has 1 aromatic rings. The number of rotatable bonds is 7. The smallest absolute Gasteiger partial charge is 0.328 e. The standard InChI is InChI=1S/C16H20N2O6S/c1-16(2)12(15(22)23)18-13(25-16)11(14(20)21)17-10(19)8-24-9-6-4-3-5-7-9/h3-7,11-13,18H,8H2,1-2H3,(H,17,19)(H,20,21)(H,22,23)/t11-,12-,13-/m0/s1. The molecule has 0 aliphatic carbocycles. The van der Waals surface area contributed by atoms with E-state index in [0.717, 1.165) is 0 Å². The number of thioether (sulfide) groups is 1. The molecule has 2 rings (SSSR count). The lowest BCUT2D eigenvalue weighted by Crippen LogP contribution is -2.54. The van der Waals surface area contributed by atoms with Crippen molar-refractivity contribution < 1.29 is 29.3 Å². The van der Waals surface area contributed by atoms with E-state index in [2.05, 4.69) is 10.6 Å². The first kappa shape index (κ1) is 19.1. The van der Waals surface area contributed by atoms with Crippen molar-refractivity contribution in [3.63, 3.8) is 0 Å². The van der Waals surface area contributed by atoms with Gasteiger partial charge in [-0.2, -0.15) is 0 Å². The molecule has 1 amide bonds. The van der Waals surface area contributed by atoms with Crippen LogP contribution in [0.1, 0.15) is 13.8 Å². The van der Waals surface area contributed by atoms with Crippen LogP contribution in [0.15, 0.2) is 30.3 Å². The predicted octanol–water partition coefficient (Wildman–Crippen LogP) is 0.529. The van der Waals surface area contributed by atoms with Gasteiger partial charge in [0.15, 0.2) is 12.6 Å². The molecule has 4 N–H and O–H groups in total. The highest BCUT2D eigenvalue weighted by molar-refractivity contribution is 8.01. The summed E-state index contributed by atoms with van der Waals surface area (Å²) in [5.74, 6) is -2.43. The zero-order valence-corrected chi connectivity index (χ0v) is 14.6. The second kappa shape index (κ2) is 7.75. The Kier molecular flexibility index (Phi) is 5.91. The van der Waals surface area contributed by atoms with Crippen LogP contribution >= 0.6 is 11.8 Å². The molecule has 9 heteroatoms. The molecule has 8 nitrogen and oxygen atoms in total. The number of hydrogen-bond acceptors (Lipinski definition) is 6. The third-order valence-corrected chi connectivity index (χ3v) is 5.21. The van der Waals surface area contributed by atoms with Gasteiger partial charge in [-0.3, -0.25) is 14.9 Å². The molecule has 1 aromatic carbocycles. The van der Waals surface area contributed by atoms with Gasteiger partial charge >= 0.3 is 11.9 Å². The Labute approximate surface area is 148 Å². The van der Waals surface area contributed by atoms with E-state index >= 15 is 0 Å². The molecule has 1 fully saturated rings. The molecule has 0 aromatic heterocycles. The fourth-order valence-corrected chi connectivity index (χ4v) is 3.96. The van der Waals surface area contributed by atoms with Gasteiger partial charge in [-0.05, 0) is 26.0 Å². The van der Waals surface area contributed by atoms with Gasteiger partial charge in [-0.25, -0.2) is 4.79 Å². The maximum Gasteiger partial charge on any atom is 0.328 e. The largest absolute Gasteiger partial charge is 0.484 e. The Hall–Kier alpha value is -2.26. The highest BCUT2D eigenvalue weighted by atomic mass is 32.2. The van der Waals surface area contributed by atoms with Gasteiger partial charge in [0.25, 0.3) is 5.91 Å². The highest BCUT2D eigenvalue weighted by Gasteiger charge is 2.49. The molecule has 1 aliphatic rings. The van der Waals surface area contributed by atoms with Crippen LogP contribution in [0.3, 0.4) is 0 Å². The van der Waals surface area contributed by atoms with Crippen molar-refractivity contribution in [1.29, 1.82) is 0 Å². The Morgan fingerprint density at radius 1 is 1.28 bits per heavy atom. The van der Waals surface area contributed by atoms with Crippen LogP contribution in [-0.4, -0.2) is 56.9 Å². The zero-order valence-electron chi connectivity index (χ0n) is 13.8.